The molecule has 0 aromatic heterocycles. The zero-order valence-electron chi connectivity index (χ0n) is 32.3. The van der Waals surface area contributed by atoms with E-state index < -0.39 is 60.7 Å². The van der Waals surface area contributed by atoms with Gasteiger partial charge in [0.25, 0.3) is 0 Å². The summed E-state index contributed by atoms with van der Waals surface area (Å²) < 4.78 is 213. The van der Waals surface area contributed by atoms with Crippen molar-refractivity contribution in [3.05, 3.63) is 0 Å². The van der Waals surface area contributed by atoms with Gasteiger partial charge in [-0.05, 0) is 12.8 Å². The minimum absolute atomic E-state index is 0.0616. The summed E-state index contributed by atoms with van der Waals surface area (Å²) in [7, 11) is 1.64. The summed E-state index contributed by atoms with van der Waals surface area (Å²) in [5.41, 5.74) is 0. The minimum atomic E-state index is -7.93. The maximum Gasteiger partial charge on any atom is 0.460 e. The lowest BCUT2D eigenvalue weighted by atomic mass is 9.93. The quantitative estimate of drug-likeness (QED) is 0.0395. The van der Waals surface area contributed by atoms with E-state index in [9.17, 15) is 66.7 Å². The molecule has 24 heteroatoms. The number of hydrogen-bond donors (Lipinski definition) is 0. The highest BCUT2D eigenvalue weighted by atomic mass is 19.4. The monoisotopic (exact) mass is 872 g/mol. The summed E-state index contributed by atoms with van der Waals surface area (Å²) >= 11 is 0. The van der Waals surface area contributed by atoms with Crippen molar-refractivity contribution in [2.45, 2.75) is 82.7 Å². The van der Waals surface area contributed by atoms with E-state index in [1.807, 2.05) is 13.8 Å². The van der Waals surface area contributed by atoms with Crippen LogP contribution in [-0.2, 0) is 52.2 Å². The van der Waals surface area contributed by atoms with Crippen molar-refractivity contribution in [2.75, 3.05) is 106 Å². The molecule has 0 aliphatic heterocycles. The molecule has 0 aromatic rings. The smallest absolute Gasteiger partial charge is 0.460 e. The lowest BCUT2D eigenvalue weighted by Crippen LogP contribution is -2.70. The number of carbonyl (C=O) groups is 2. The first-order valence-corrected chi connectivity index (χ1v) is 17.6. The van der Waals surface area contributed by atoms with Crippen molar-refractivity contribution >= 4 is 11.9 Å². The average molecular weight is 873 g/mol. The minimum Gasteiger partial charge on any atom is -0.465 e. The molecule has 0 heterocycles. The fourth-order valence-corrected chi connectivity index (χ4v) is 3.40. The summed E-state index contributed by atoms with van der Waals surface area (Å²) in [5.74, 6) is -39.5. The first-order chi connectivity index (χ1) is 26.3. The van der Waals surface area contributed by atoms with Crippen LogP contribution in [0.2, 0.25) is 0 Å². The van der Waals surface area contributed by atoms with Gasteiger partial charge in [-0.25, -0.2) is 0 Å². The molecule has 0 aliphatic rings. The van der Waals surface area contributed by atoms with Crippen LogP contribution in [-0.4, -0.2) is 154 Å². The summed E-state index contributed by atoms with van der Waals surface area (Å²) in [6, 6.07) is 0. The highest BCUT2D eigenvalue weighted by molar-refractivity contribution is 5.72. The second-order valence-corrected chi connectivity index (χ2v) is 11.9. The molecular weight excluding hydrogens is 819 g/mol. The average Bonchev–Trinajstić information content (AvgIpc) is 3.13. The zero-order valence-corrected chi connectivity index (χ0v) is 32.3. The second-order valence-electron chi connectivity index (χ2n) is 11.9. The Labute approximate surface area is 322 Å². The molecule has 0 N–H and O–H groups in total. The van der Waals surface area contributed by atoms with Crippen LogP contribution in [0, 0.1) is 11.8 Å². The maximum absolute atomic E-state index is 13.4. The van der Waals surface area contributed by atoms with Gasteiger partial charge in [0.15, 0.2) is 0 Å². The number of ether oxygens (including phenoxy) is 9. The van der Waals surface area contributed by atoms with E-state index >= 15 is 0 Å². The van der Waals surface area contributed by atoms with E-state index in [4.69, 9.17) is 37.9 Å². The standard InChI is InChI=1S/C20H40O9.C13H13F13O2/c1-4-19(2)20(21)29-18-17-28-16-15-27-14-13-26-12-11-25-10-9-24-8-7-23-6-5-22-3;1-3-6(2)7(27)28-5-4-8(14,15)9(16,17)10(18,19)11(20,21)12(22,23)13(24,25)26/h19H,4-18H2,1-3H3;6H,3-5H2,1-2H3. The first-order valence-electron chi connectivity index (χ1n) is 17.6. The Hall–Kier alpha value is -2.25. The van der Waals surface area contributed by atoms with Crippen molar-refractivity contribution < 1.29 is 109 Å². The third-order valence-electron chi connectivity index (χ3n) is 7.45. The van der Waals surface area contributed by atoms with Gasteiger partial charge in [-0.15, -0.1) is 0 Å². The Morgan fingerprint density at radius 1 is 0.421 bits per heavy atom. The molecule has 0 fully saturated rings. The number of hydrogen-bond acceptors (Lipinski definition) is 11. The van der Waals surface area contributed by atoms with Gasteiger partial charge in [-0.1, -0.05) is 27.7 Å². The van der Waals surface area contributed by atoms with Crippen LogP contribution < -0.4 is 0 Å². The number of halogens is 13. The second kappa shape index (κ2) is 28.3. The summed E-state index contributed by atoms with van der Waals surface area (Å²) in [6.07, 6.45) is -9.13. The van der Waals surface area contributed by atoms with Gasteiger partial charge in [-0.3, -0.25) is 9.59 Å². The van der Waals surface area contributed by atoms with E-state index in [1.54, 1.807) is 7.11 Å². The lowest BCUT2D eigenvalue weighted by Gasteiger charge is -2.39. The van der Waals surface area contributed by atoms with Gasteiger partial charge in [0.05, 0.1) is 111 Å². The van der Waals surface area contributed by atoms with Crippen LogP contribution in [0.3, 0.4) is 0 Å². The number of alkyl halides is 13. The Morgan fingerprint density at radius 2 is 0.702 bits per heavy atom. The number of esters is 2. The van der Waals surface area contributed by atoms with E-state index in [-0.39, 0.29) is 24.9 Å². The number of rotatable bonds is 32. The van der Waals surface area contributed by atoms with Crippen LogP contribution in [0.1, 0.15) is 47.0 Å². The summed E-state index contributed by atoms with van der Waals surface area (Å²) in [6.45, 7) is 11.7. The lowest BCUT2D eigenvalue weighted by molar-refractivity contribution is -0.440. The summed E-state index contributed by atoms with van der Waals surface area (Å²) in [4.78, 5) is 22.6. The van der Waals surface area contributed by atoms with Crippen molar-refractivity contribution in [3.8, 4) is 0 Å². The molecule has 0 spiro atoms. The van der Waals surface area contributed by atoms with Gasteiger partial charge in [0.2, 0.25) is 0 Å². The Kier molecular flexibility index (Phi) is 28.2. The van der Waals surface area contributed by atoms with Gasteiger partial charge in [0.1, 0.15) is 6.61 Å². The Bertz CT molecular complexity index is 1070. The molecule has 0 bridgehead atoms. The summed E-state index contributed by atoms with van der Waals surface area (Å²) in [5, 5.41) is 0. The van der Waals surface area contributed by atoms with E-state index in [2.05, 4.69) is 4.74 Å². The molecule has 2 unspecified atom stereocenters. The highest BCUT2D eigenvalue weighted by Gasteiger charge is 2.90. The first kappa shape index (κ1) is 56.8. The van der Waals surface area contributed by atoms with Crippen molar-refractivity contribution in [1.82, 2.24) is 0 Å². The predicted molar refractivity (Wildman–Crippen MR) is 173 cm³/mol. The largest absolute Gasteiger partial charge is 0.465 e. The highest BCUT2D eigenvalue weighted by Crippen LogP contribution is 2.60. The van der Waals surface area contributed by atoms with Crippen molar-refractivity contribution in [3.63, 3.8) is 0 Å². The van der Waals surface area contributed by atoms with Crippen molar-refractivity contribution in [1.29, 1.82) is 0 Å². The van der Waals surface area contributed by atoms with Gasteiger partial charge in [-0.2, -0.15) is 57.1 Å². The fourth-order valence-electron chi connectivity index (χ4n) is 3.40. The molecule has 0 aromatic carbocycles. The molecule has 0 rings (SSSR count). The topological polar surface area (TPSA) is 117 Å². The third-order valence-corrected chi connectivity index (χ3v) is 7.45. The fraction of sp³-hybridized carbons (Fsp3) is 0.939. The van der Waals surface area contributed by atoms with Gasteiger partial charge < -0.3 is 42.6 Å². The SMILES string of the molecule is CCC(C)C(=O)OCCC(F)(F)C(F)(F)C(F)(F)C(F)(F)C(F)(F)C(F)(F)F.CCC(C)C(=O)OCCOCCOCCOCCOCCOCCOCCOC. The molecule has 57 heavy (non-hydrogen) atoms. The van der Waals surface area contributed by atoms with Crippen LogP contribution in [0.5, 0.6) is 0 Å². The molecular formula is C33H53F13O11. The van der Waals surface area contributed by atoms with Gasteiger partial charge in [0, 0.05) is 7.11 Å². The van der Waals surface area contributed by atoms with E-state index in [1.165, 1.54) is 13.8 Å². The van der Waals surface area contributed by atoms with Crippen molar-refractivity contribution in [2.24, 2.45) is 11.8 Å². The van der Waals surface area contributed by atoms with Crippen LogP contribution in [0.25, 0.3) is 0 Å². The molecule has 0 aliphatic carbocycles. The van der Waals surface area contributed by atoms with Crippen LogP contribution in [0.4, 0.5) is 57.1 Å². The van der Waals surface area contributed by atoms with Gasteiger partial charge >= 0.3 is 47.7 Å². The molecule has 0 saturated carbocycles. The molecule has 0 amide bonds. The number of methoxy groups -OCH3 is 1. The maximum atomic E-state index is 13.4. The molecule has 342 valence electrons. The van der Waals surface area contributed by atoms with Crippen LogP contribution >= 0.6 is 0 Å². The third kappa shape index (κ3) is 20.0. The van der Waals surface area contributed by atoms with E-state index in [0.29, 0.717) is 85.9 Å². The van der Waals surface area contributed by atoms with Crippen LogP contribution in [0.15, 0.2) is 0 Å². The molecule has 2 atom stereocenters. The molecule has 0 saturated heterocycles. The Balaban J connectivity index is 0. The number of carbonyl (C=O) groups excluding carboxylic acids is 2. The normalized spacial score (nSPS) is 14.1. The molecule has 11 nitrogen and oxygen atoms in total. The Morgan fingerprint density at radius 3 is 1.00 bits per heavy atom. The molecule has 0 radical (unpaired) electrons. The predicted octanol–water partition coefficient (Wildman–Crippen LogP) is 7.03. The zero-order chi connectivity index (χ0) is 44.4. The van der Waals surface area contributed by atoms with E-state index in [0.717, 1.165) is 6.42 Å².